The van der Waals surface area contributed by atoms with E-state index in [1.165, 1.54) is 11.8 Å². The van der Waals surface area contributed by atoms with Crippen molar-refractivity contribution in [3.05, 3.63) is 11.8 Å². The lowest BCUT2D eigenvalue weighted by Crippen LogP contribution is -2.29. The number of aromatic nitrogens is 2. The maximum Gasteiger partial charge on any atom is 0.229 e. The van der Waals surface area contributed by atoms with Crippen LogP contribution in [-0.4, -0.2) is 35.7 Å². The van der Waals surface area contributed by atoms with Gasteiger partial charge in [0.05, 0.1) is 0 Å². The van der Waals surface area contributed by atoms with Crippen LogP contribution in [0.15, 0.2) is 11.2 Å². The standard InChI is InChI=1S/C11H18N4OS/c1-7(6-12-3)10(16)14-9-5-8(2)13-11(15-9)17-4/h5,7,12H,6H2,1-4H3,(H,13,14,15,16). The van der Waals surface area contributed by atoms with Gasteiger partial charge in [0.25, 0.3) is 0 Å². The summed E-state index contributed by atoms with van der Waals surface area (Å²) in [6.07, 6.45) is 1.91. The number of rotatable bonds is 5. The van der Waals surface area contributed by atoms with Gasteiger partial charge in [-0.1, -0.05) is 18.7 Å². The quantitative estimate of drug-likeness (QED) is 0.612. The lowest BCUT2D eigenvalue weighted by molar-refractivity contribution is -0.119. The maximum absolute atomic E-state index is 11.8. The fourth-order valence-corrected chi connectivity index (χ4v) is 1.77. The van der Waals surface area contributed by atoms with E-state index in [-0.39, 0.29) is 11.8 Å². The van der Waals surface area contributed by atoms with Crippen molar-refractivity contribution >= 4 is 23.5 Å². The van der Waals surface area contributed by atoms with E-state index in [0.29, 0.717) is 17.5 Å². The zero-order chi connectivity index (χ0) is 12.8. The number of aryl methyl sites for hydroxylation is 1. The van der Waals surface area contributed by atoms with Gasteiger partial charge in [0.15, 0.2) is 5.16 Å². The van der Waals surface area contributed by atoms with Crippen LogP contribution in [0.2, 0.25) is 0 Å². The number of thioether (sulfide) groups is 1. The van der Waals surface area contributed by atoms with Gasteiger partial charge in [0.2, 0.25) is 5.91 Å². The second kappa shape index (κ2) is 6.56. The van der Waals surface area contributed by atoms with Crippen LogP contribution in [0.5, 0.6) is 0 Å². The molecule has 0 aromatic carbocycles. The van der Waals surface area contributed by atoms with E-state index in [1.54, 1.807) is 6.07 Å². The lowest BCUT2D eigenvalue weighted by atomic mass is 10.1. The maximum atomic E-state index is 11.8. The van der Waals surface area contributed by atoms with Crippen LogP contribution < -0.4 is 10.6 Å². The molecule has 0 spiro atoms. The third-order valence-electron chi connectivity index (χ3n) is 2.23. The highest BCUT2D eigenvalue weighted by Gasteiger charge is 2.13. The summed E-state index contributed by atoms with van der Waals surface area (Å²) in [5.74, 6) is 0.437. The normalized spacial score (nSPS) is 12.2. The molecule has 17 heavy (non-hydrogen) atoms. The average molecular weight is 254 g/mol. The molecule has 1 amide bonds. The molecule has 1 heterocycles. The molecule has 0 radical (unpaired) electrons. The summed E-state index contributed by atoms with van der Waals surface area (Å²) < 4.78 is 0. The Bertz CT molecular complexity index is 397. The first-order valence-corrected chi connectivity index (χ1v) is 6.64. The average Bonchev–Trinajstić information content (AvgIpc) is 2.28. The highest BCUT2D eigenvalue weighted by atomic mass is 32.2. The van der Waals surface area contributed by atoms with E-state index in [2.05, 4.69) is 20.6 Å². The van der Waals surface area contributed by atoms with Crippen molar-refractivity contribution in [1.29, 1.82) is 0 Å². The molecule has 0 saturated carbocycles. The molecule has 2 N–H and O–H groups in total. The Balaban J connectivity index is 2.74. The van der Waals surface area contributed by atoms with Gasteiger partial charge >= 0.3 is 0 Å². The molecule has 0 bridgehead atoms. The van der Waals surface area contributed by atoms with Gasteiger partial charge in [-0.3, -0.25) is 4.79 Å². The minimum Gasteiger partial charge on any atom is -0.319 e. The highest BCUT2D eigenvalue weighted by molar-refractivity contribution is 7.98. The number of nitrogens with zero attached hydrogens (tertiary/aromatic N) is 2. The summed E-state index contributed by atoms with van der Waals surface area (Å²) in [6, 6.07) is 1.77. The van der Waals surface area contributed by atoms with E-state index < -0.39 is 0 Å². The van der Waals surface area contributed by atoms with Crippen molar-refractivity contribution in [2.45, 2.75) is 19.0 Å². The highest BCUT2D eigenvalue weighted by Crippen LogP contribution is 2.14. The lowest BCUT2D eigenvalue weighted by Gasteiger charge is -2.11. The molecule has 1 rings (SSSR count). The second-order valence-electron chi connectivity index (χ2n) is 3.83. The van der Waals surface area contributed by atoms with Crippen molar-refractivity contribution < 1.29 is 4.79 Å². The van der Waals surface area contributed by atoms with Crippen LogP contribution in [0, 0.1) is 12.8 Å². The fraction of sp³-hybridized carbons (Fsp3) is 0.545. The largest absolute Gasteiger partial charge is 0.319 e. The van der Waals surface area contributed by atoms with Gasteiger partial charge in [-0.05, 0) is 20.2 Å². The topological polar surface area (TPSA) is 66.9 Å². The van der Waals surface area contributed by atoms with Crippen molar-refractivity contribution in [3.8, 4) is 0 Å². The predicted molar refractivity (Wildman–Crippen MR) is 70.3 cm³/mol. The van der Waals surface area contributed by atoms with Gasteiger partial charge in [-0.15, -0.1) is 0 Å². The first kappa shape index (κ1) is 13.9. The van der Waals surface area contributed by atoms with Crippen molar-refractivity contribution in [1.82, 2.24) is 15.3 Å². The summed E-state index contributed by atoms with van der Waals surface area (Å²) in [5.41, 5.74) is 0.848. The summed E-state index contributed by atoms with van der Waals surface area (Å²) in [5, 5.41) is 6.44. The Hall–Kier alpha value is -1.14. The van der Waals surface area contributed by atoms with E-state index in [1.807, 2.05) is 27.2 Å². The van der Waals surface area contributed by atoms with E-state index in [0.717, 1.165) is 5.69 Å². The monoisotopic (exact) mass is 254 g/mol. The van der Waals surface area contributed by atoms with Crippen LogP contribution in [-0.2, 0) is 4.79 Å². The summed E-state index contributed by atoms with van der Waals surface area (Å²) >= 11 is 1.46. The minimum atomic E-state index is -0.0898. The molecule has 0 saturated heterocycles. The Labute approximate surface area is 106 Å². The molecule has 6 heteroatoms. The number of hydrogen-bond acceptors (Lipinski definition) is 5. The molecule has 0 aliphatic heterocycles. The van der Waals surface area contributed by atoms with Crippen molar-refractivity contribution in [2.75, 3.05) is 25.2 Å². The summed E-state index contributed by atoms with van der Waals surface area (Å²) in [6.45, 7) is 4.40. The first-order chi connectivity index (χ1) is 8.06. The predicted octanol–water partition coefficient (Wildman–Crippen LogP) is 1.30. The Morgan fingerprint density at radius 1 is 1.53 bits per heavy atom. The number of nitrogens with one attached hydrogen (secondary N) is 2. The number of anilines is 1. The Morgan fingerprint density at radius 3 is 2.82 bits per heavy atom. The molecule has 1 aromatic heterocycles. The number of carbonyl (C=O) groups excluding carboxylic acids is 1. The van der Waals surface area contributed by atoms with Crippen LogP contribution in [0.25, 0.3) is 0 Å². The van der Waals surface area contributed by atoms with E-state index >= 15 is 0 Å². The van der Waals surface area contributed by atoms with Crippen LogP contribution in [0.1, 0.15) is 12.6 Å². The minimum absolute atomic E-state index is 0.0375. The first-order valence-electron chi connectivity index (χ1n) is 5.42. The third-order valence-corrected chi connectivity index (χ3v) is 2.77. The van der Waals surface area contributed by atoms with Crippen molar-refractivity contribution in [2.24, 2.45) is 5.92 Å². The molecule has 1 unspecified atom stereocenters. The van der Waals surface area contributed by atoms with Gasteiger partial charge in [-0.2, -0.15) is 0 Å². The van der Waals surface area contributed by atoms with E-state index in [9.17, 15) is 4.79 Å². The zero-order valence-corrected chi connectivity index (χ0v) is 11.4. The Kier molecular flexibility index (Phi) is 5.37. The number of amides is 1. The molecule has 0 aliphatic rings. The molecular weight excluding hydrogens is 236 g/mol. The molecule has 0 aliphatic carbocycles. The zero-order valence-electron chi connectivity index (χ0n) is 10.6. The fourth-order valence-electron chi connectivity index (χ4n) is 1.34. The number of hydrogen-bond donors (Lipinski definition) is 2. The van der Waals surface area contributed by atoms with Crippen LogP contribution in [0.4, 0.5) is 5.82 Å². The summed E-state index contributed by atoms with van der Waals surface area (Å²) in [4.78, 5) is 20.3. The van der Waals surface area contributed by atoms with Gasteiger partial charge < -0.3 is 10.6 Å². The van der Waals surface area contributed by atoms with E-state index in [4.69, 9.17) is 0 Å². The van der Waals surface area contributed by atoms with Crippen molar-refractivity contribution in [3.63, 3.8) is 0 Å². The second-order valence-corrected chi connectivity index (χ2v) is 4.60. The molecule has 0 fully saturated rings. The third kappa shape index (κ3) is 4.32. The molecular formula is C11H18N4OS. The van der Waals surface area contributed by atoms with Gasteiger partial charge in [-0.25, -0.2) is 9.97 Å². The smallest absolute Gasteiger partial charge is 0.229 e. The van der Waals surface area contributed by atoms with Gasteiger partial charge in [0, 0.05) is 24.2 Å². The molecule has 1 aromatic rings. The SMILES string of the molecule is CNCC(C)C(=O)Nc1cc(C)nc(SC)n1. The molecule has 94 valence electrons. The molecule has 5 nitrogen and oxygen atoms in total. The van der Waals surface area contributed by atoms with Gasteiger partial charge in [0.1, 0.15) is 5.82 Å². The molecule has 1 atom stereocenters. The summed E-state index contributed by atoms with van der Waals surface area (Å²) in [7, 11) is 1.82. The number of carbonyl (C=O) groups is 1. The van der Waals surface area contributed by atoms with Crippen LogP contribution in [0.3, 0.4) is 0 Å². The van der Waals surface area contributed by atoms with Crippen LogP contribution >= 0.6 is 11.8 Å². The Morgan fingerprint density at radius 2 is 2.24 bits per heavy atom.